The van der Waals surface area contributed by atoms with Gasteiger partial charge in [0.05, 0.1) is 22.5 Å². The van der Waals surface area contributed by atoms with Crippen molar-refractivity contribution in [3.8, 4) is 33.7 Å². The second kappa shape index (κ2) is 8.51. The lowest BCUT2D eigenvalue weighted by Gasteiger charge is -2.20. The summed E-state index contributed by atoms with van der Waals surface area (Å²) in [4.78, 5) is 14.2. The molecule has 2 aromatic carbocycles. The van der Waals surface area contributed by atoms with Crippen LogP contribution < -0.4 is 10.6 Å². The molecule has 0 bridgehead atoms. The summed E-state index contributed by atoms with van der Waals surface area (Å²) in [7, 11) is 1.64. The molecule has 1 fully saturated rings. The minimum absolute atomic E-state index is 0.139. The zero-order valence-corrected chi connectivity index (χ0v) is 19.9. The van der Waals surface area contributed by atoms with Crippen LogP contribution in [0.3, 0.4) is 0 Å². The molecule has 10 heteroatoms. The van der Waals surface area contributed by atoms with Crippen molar-refractivity contribution in [2.24, 2.45) is 7.05 Å². The Morgan fingerprint density at radius 2 is 1.86 bits per heavy atom. The van der Waals surface area contributed by atoms with E-state index in [0.717, 1.165) is 0 Å². The maximum atomic E-state index is 14.7. The molecule has 0 saturated carbocycles. The van der Waals surface area contributed by atoms with Gasteiger partial charge < -0.3 is 19.7 Å². The Balaban J connectivity index is 1.54. The molecular weight excluding hydrogens is 473 g/mol. The number of aromatic nitrogens is 4. The van der Waals surface area contributed by atoms with Crippen LogP contribution in [-0.2, 0) is 7.05 Å². The van der Waals surface area contributed by atoms with E-state index in [9.17, 15) is 19.4 Å². The first kappa shape index (κ1) is 23.1. The van der Waals surface area contributed by atoms with E-state index in [1.165, 1.54) is 27.5 Å². The van der Waals surface area contributed by atoms with Crippen LogP contribution in [-0.4, -0.2) is 48.2 Å². The number of hydrogen-bond acceptors (Lipinski definition) is 6. The van der Waals surface area contributed by atoms with Crippen LogP contribution in [0.1, 0.15) is 13.3 Å². The van der Waals surface area contributed by atoms with Gasteiger partial charge in [0.15, 0.2) is 5.82 Å². The number of imidazole rings is 1. The summed E-state index contributed by atoms with van der Waals surface area (Å²) in [6.07, 6.45) is 5.28. The number of anilines is 1. The van der Waals surface area contributed by atoms with E-state index in [2.05, 4.69) is 10.2 Å². The third kappa shape index (κ3) is 4.28. The van der Waals surface area contributed by atoms with Gasteiger partial charge in [0.2, 0.25) is 0 Å². The Hall–Kier alpha value is -3.69. The van der Waals surface area contributed by atoms with Crippen LogP contribution >= 0.6 is 11.6 Å². The fraction of sp³-hybridized carbons (Fsp3) is 0.240. The molecule has 8 nitrogen and oxygen atoms in total. The number of nitrogens with zero attached hydrogens (tertiary/aromatic N) is 5. The predicted octanol–water partition coefficient (Wildman–Crippen LogP) is 3.76. The van der Waals surface area contributed by atoms with Crippen molar-refractivity contribution in [1.82, 2.24) is 19.3 Å². The fourth-order valence-electron chi connectivity index (χ4n) is 4.35. The van der Waals surface area contributed by atoms with Crippen molar-refractivity contribution in [3.05, 3.63) is 76.3 Å². The van der Waals surface area contributed by atoms with Gasteiger partial charge in [-0.05, 0) is 49.2 Å². The number of aromatic hydroxyl groups is 1. The van der Waals surface area contributed by atoms with Crippen LogP contribution in [0.5, 0.6) is 5.75 Å². The van der Waals surface area contributed by atoms with Crippen molar-refractivity contribution in [1.29, 1.82) is 0 Å². The summed E-state index contributed by atoms with van der Waals surface area (Å²) in [6, 6.07) is 9.07. The lowest BCUT2D eigenvalue weighted by molar-refractivity contribution is 0.0839. The highest BCUT2D eigenvalue weighted by Crippen LogP contribution is 2.41. The SMILES string of the molecule is Cn1ccn(-c2ccc(-c3cc(F)cc(-c4cnnc(N5CC[C@](C)(O)C5)c4)c3O)cc2Cl)c1=O. The average molecular weight is 496 g/mol. The Labute approximate surface area is 205 Å². The summed E-state index contributed by atoms with van der Waals surface area (Å²) < 4.78 is 17.5. The minimum atomic E-state index is -0.817. The van der Waals surface area contributed by atoms with E-state index in [4.69, 9.17) is 11.6 Å². The van der Waals surface area contributed by atoms with Gasteiger partial charge in [-0.1, -0.05) is 17.7 Å². The Bertz CT molecular complexity index is 1500. The van der Waals surface area contributed by atoms with Gasteiger partial charge in [0, 0.05) is 49.2 Å². The number of aliphatic hydroxyl groups is 1. The van der Waals surface area contributed by atoms with Crippen molar-refractivity contribution in [3.63, 3.8) is 0 Å². The second-order valence-electron chi connectivity index (χ2n) is 9.05. The van der Waals surface area contributed by atoms with Crippen LogP contribution in [0.2, 0.25) is 5.02 Å². The number of benzene rings is 2. The maximum Gasteiger partial charge on any atom is 0.332 e. The number of phenolic OH excluding ortho intramolecular Hbond substituents is 1. The molecule has 5 rings (SSSR count). The van der Waals surface area contributed by atoms with E-state index in [1.807, 2.05) is 4.90 Å². The lowest BCUT2D eigenvalue weighted by atomic mass is 9.97. The largest absolute Gasteiger partial charge is 0.507 e. The summed E-state index contributed by atoms with van der Waals surface area (Å²) in [5, 5.41) is 29.8. The Morgan fingerprint density at radius 3 is 2.49 bits per heavy atom. The molecule has 4 aromatic rings. The first-order valence-electron chi connectivity index (χ1n) is 11.0. The van der Waals surface area contributed by atoms with Gasteiger partial charge in [-0.25, -0.2) is 9.18 Å². The van der Waals surface area contributed by atoms with Crippen LogP contribution in [0.25, 0.3) is 27.9 Å². The molecule has 3 heterocycles. The first-order chi connectivity index (χ1) is 16.6. The highest BCUT2D eigenvalue weighted by molar-refractivity contribution is 6.32. The molecule has 180 valence electrons. The zero-order chi connectivity index (χ0) is 24.9. The number of aryl methyl sites for hydroxylation is 1. The molecular formula is C25H23ClFN5O3. The first-order valence-corrected chi connectivity index (χ1v) is 11.4. The second-order valence-corrected chi connectivity index (χ2v) is 9.46. The Morgan fingerprint density at radius 1 is 1.11 bits per heavy atom. The third-order valence-electron chi connectivity index (χ3n) is 6.27. The standard InChI is InChI=1S/C25H23ClFN5O3/c1-25(35)5-6-31(14-25)22-10-16(13-28-29-22)19-12-17(27)11-18(23(19)33)15-3-4-21(20(26)9-15)32-8-7-30(2)24(32)34/h3-4,7-13,33,35H,5-6,14H2,1-2H3/t25-/m0/s1. The monoisotopic (exact) mass is 495 g/mol. The molecule has 1 atom stereocenters. The third-order valence-corrected chi connectivity index (χ3v) is 6.57. The molecule has 0 amide bonds. The van der Waals surface area contributed by atoms with E-state index in [-0.39, 0.29) is 27.6 Å². The summed E-state index contributed by atoms with van der Waals surface area (Å²) in [5.74, 6) is -0.152. The number of β-amino-alcohol motifs (C(OH)–C–C–N with tert-alkyl or cyclic N) is 1. The van der Waals surface area contributed by atoms with E-state index < -0.39 is 11.4 Å². The van der Waals surface area contributed by atoms with Gasteiger partial charge in [-0.2, -0.15) is 5.10 Å². The van der Waals surface area contributed by atoms with Gasteiger partial charge in [0.1, 0.15) is 11.6 Å². The van der Waals surface area contributed by atoms with Gasteiger partial charge in [0.25, 0.3) is 0 Å². The molecule has 0 radical (unpaired) electrons. The molecule has 35 heavy (non-hydrogen) atoms. The average Bonchev–Trinajstić information content (AvgIpc) is 3.36. The molecule has 1 saturated heterocycles. The molecule has 0 aliphatic carbocycles. The minimum Gasteiger partial charge on any atom is -0.507 e. The number of phenols is 1. The summed E-state index contributed by atoms with van der Waals surface area (Å²) in [6.45, 7) is 2.78. The van der Waals surface area contributed by atoms with Crippen LogP contribution in [0.15, 0.2) is 59.8 Å². The summed E-state index contributed by atoms with van der Waals surface area (Å²) in [5.41, 5.74) is 0.870. The lowest BCUT2D eigenvalue weighted by Crippen LogP contribution is -2.30. The highest BCUT2D eigenvalue weighted by atomic mass is 35.5. The van der Waals surface area contributed by atoms with Crippen LogP contribution in [0.4, 0.5) is 10.2 Å². The number of hydrogen-bond donors (Lipinski definition) is 2. The number of rotatable bonds is 4. The van der Waals surface area contributed by atoms with Crippen molar-refractivity contribution < 1.29 is 14.6 Å². The maximum absolute atomic E-state index is 14.7. The molecule has 0 unspecified atom stereocenters. The van der Waals surface area contributed by atoms with Crippen molar-refractivity contribution in [2.75, 3.05) is 18.0 Å². The van der Waals surface area contributed by atoms with E-state index in [0.29, 0.717) is 42.1 Å². The summed E-state index contributed by atoms with van der Waals surface area (Å²) >= 11 is 6.47. The quantitative estimate of drug-likeness (QED) is 0.447. The van der Waals surface area contributed by atoms with Gasteiger partial charge in [-0.3, -0.25) is 4.57 Å². The predicted molar refractivity (Wildman–Crippen MR) is 132 cm³/mol. The van der Waals surface area contributed by atoms with Gasteiger partial charge >= 0.3 is 5.69 Å². The van der Waals surface area contributed by atoms with Crippen molar-refractivity contribution >= 4 is 17.4 Å². The molecule has 2 aromatic heterocycles. The smallest absolute Gasteiger partial charge is 0.332 e. The molecule has 2 N–H and O–H groups in total. The van der Waals surface area contributed by atoms with Crippen LogP contribution in [0, 0.1) is 5.82 Å². The molecule has 1 aliphatic rings. The van der Waals surface area contributed by atoms with E-state index >= 15 is 0 Å². The molecule has 1 aliphatic heterocycles. The fourth-order valence-corrected chi connectivity index (χ4v) is 4.63. The highest BCUT2D eigenvalue weighted by Gasteiger charge is 2.32. The number of halogens is 2. The van der Waals surface area contributed by atoms with Gasteiger partial charge in [-0.15, -0.1) is 5.10 Å². The van der Waals surface area contributed by atoms with Crippen molar-refractivity contribution in [2.45, 2.75) is 18.9 Å². The van der Waals surface area contributed by atoms with E-state index in [1.54, 1.807) is 50.6 Å². The zero-order valence-electron chi connectivity index (χ0n) is 19.1. The Kier molecular flexibility index (Phi) is 5.61. The molecule has 0 spiro atoms. The normalized spacial score (nSPS) is 17.8. The topological polar surface area (TPSA) is 96.4 Å².